The molecule has 0 saturated heterocycles. The molecule has 6 nitrogen and oxygen atoms in total. The first-order valence-corrected chi connectivity index (χ1v) is 6.75. The van der Waals surface area contributed by atoms with Crippen LogP contribution in [0.3, 0.4) is 0 Å². The number of carboxylic acid groups (broad SMARTS) is 1. The number of aromatic carboxylic acids is 1. The van der Waals surface area contributed by atoms with Crippen LogP contribution in [-0.2, 0) is 10.2 Å². The van der Waals surface area contributed by atoms with E-state index in [9.17, 15) is 9.59 Å². The van der Waals surface area contributed by atoms with Crippen molar-refractivity contribution in [2.45, 2.75) is 18.3 Å². The summed E-state index contributed by atoms with van der Waals surface area (Å²) in [7, 11) is 0. The van der Waals surface area contributed by atoms with Crippen molar-refractivity contribution in [2.75, 3.05) is 5.32 Å². The van der Waals surface area contributed by atoms with Gasteiger partial charge < -0.3 is 10.4 Å². The van der Waals surface area contributed by atoms with Crippen molar-refractivity contribution in [1.82, 2.24) is 10.2 Å². The van der Waals surface area contributed by atoms with Crippen LogP contribution in [0.1, 0.15) is 28.9 Å². The summed E-state index contributed by atoms with van der Waals surface area (Å²) < 4.78 is 0. The van der Waals surface area contributed by atoms with Gasteiger partial charge in [-0.3, -0.25) is 9.89 Å². The van der Waals surface area contributed by atoms with Crippen molar-refractivity contribution in [3.63, 3.8) is 0 Å². The quantitative estimate of drug-likeness (QED) is 0.808. The summed E-state index contributed by atoms with van der Waals surface area (Å²) >= 11 is 5.85. The third-order valence-corrected chi connectivity index (χ3v) is 3.88. The molecular weight excluding hydrogens is 294 g/mol. The lowest BCUT2D eigenvalue weighted by Crippen LogP contribution is -2.27. The fourth-order valence-electron chi connectivity index (χ4n) is 2.27. The van der Waals surface area contributed by atoms with E-state index in [1.165, 1.54) is 6.07 Å². The number of carboxylic acids is 1. The number of halogens is 1. The van der Waals surface area contributed by atoms with E-state index >= 15 is 0 Å². The van der Waals surface area contributed by atoms with Crippen molar-refractivity contribution in [3.05, 3.63) is 46.6 Å². The number of nitrogens with zero attached hydrogens (tertiary/aromatic N) is 1. The molecular formula is C14H12ClN3O3. The van der Waals surface area contributed by atoms with Gasteiger partial charge in [-0.2, -0.15) is 5.10 Å². The Morgan fingerprint density at radius 3 is 2.48 bits per heavy atom. The maximum Gasteiger partial charge on any atom is 0.353 e. The summed E-state index contributed by atoms with van der Waals surface area (Å²) in [5.74, 6) is -1.10. The number of anilines is 1. The van der Waals surface area contributed by atoms with Gasteiger partial charge in [0.1, 0.15) is 5.69 Å². The number of nitrogens with one attached hydrogen (secondary N) is 2. The van der Waals surface area contributed by atoms with E-state index in [1.807, 2.05) is 12.1 Å². The highest BCUT2D eigenvalue weighted by molar-refractivity contribution is 6.30. The minimum Gasteiger partial charge on any atom is -0.477 e. The molecule has 108 valence electrons. The van der Waals surface area contributed by atoms with Gasteiger partial charge in [0.05, 0.1) is 5.41 Å². The molecule has 1 aliphatic rings. The molecule has 1 aromatic carbocycles. The molecule has 7 heteroatoms. The van der Waals surface area contributed by atoms with E-state index in [-0.39, 0.29) is 17.4 Å². The molecule has 21 heavy (non-hydrogen) atoms. The van der Waals surface area contributed by atoms with Crippen LogP contribution in [0.25, 0.3) is 0 Å². The Labute approximate surface area is 125 Å². The lowest BCUT2D eigenvalue weighted by Gasteiger charge is -2.14. The maximum absolute atomic E-state index is 12.4. The second kappa shape index (κ2) is 4.89. The van der Waals surface area contributed by atoms with Crippen molar-refractivity contribution >= 4 is 29.3 Å². The predicted molar refractivity (Wildman–Crippen MR) is 76.5 cm³/mol. The third-order valence-electron chi connectivity index (χ3n) is 3.63. The average molecular weight is 306 g/mol. The van der Waals surface area contributed by atoms with Crippen LogP contribution in [0.4, 0.5) is 5.82 Å². The van der Waals surface area contributed by atoms with E-state index in [0.717, 1.165) is 18.4 Å². The van der Waals surface area contributed by atoms with Gasteiger partial charge in [-0.05, 0) is 30.5 Å². The molecule has 1 aromatic heterocycles. The van der Waals surface area contributed by atoms with Crippen LogP contribution in [0, 0.1) is 0 Å². The highest BCUT2D eigenvalue weighted by atomic mass is 35.5. The topological polar surface area (TPSA) is 95.1 Å². The fraction of sp³-hybridized carbons (Fsp3) is 0.214. The number of aromatic nitrogens is 2. The molecule has 0 unspecified atom stereocenters. The summed E-state index contributed by atoms with van der Waals surface area (Å²) in [5.41, 5.74) is 0.271. The zero-order chi connectivity index (χ0) is 15.0. The summed E-state index contributed by atoms with van der Waals surface area (Å²) in [4.78, 5) is 23.2. The summed E-state index contributed by atoms with van der Waals surface area (Å²) in [5, 5.41) is 18.2. The average Bonchev–Trinajstić information content (AvgIpc) is 3.13. The Hall–Kier alpha value is -2.34. The monoisotopic (exact) mass is 305 g/mol. The number of amides is 1. The van der Waals surface area contributed by atoms with Gasteiger partial charge in [-0.1, -0.05) is 23.7 Å². The van der Waals surface area contributed by atoms with Crippen molar-refractivity contribution in [2.24, 2.45) is 0 Å². The first-order valence-electron chi connectivity index (χ1n) is 6.37. The highest BCUT2D eigenvalue weighted by Gasteiger charge is 2.51. The molecule has 1 saturated carbocycles. The van der Waals surface area contributed by atoms with Crippen molar-refractivity contribution in [1.29, 1.82) is 0 Å². The van der Waals surface area contributed by atoms with Gasteiger partial charge in [0, 0.05) is 11.1 Å². The van der Waals surface area contributed by atoms with Gasteiger partial charge >= 0.3 is 5.97 Å². The largest absolute Gasteiger partial charge is 0.477 e. The summed E-state index contributed by atoms with van der Waals surface area (Å²) in [6.45, 7) is 0. The minimum absolute atomic E-state index is 0.0679. The Morgan fingerprint density at radius 2 is 1.95 bits per heavy atom. The zero-order valence-corrected chi connectivity index (χ0v) is 11.6. The molecule has 2 aromatic rings. The zero-order valence-electron chi connectivity index (χ0n) is 10.9. The third kappa shape index (κ3) is 2.50. The standard InChI is InChI=1S/C14H12ClN3O3/c15-9-3-1-8(2-4-9)14(5-6-14)13(21)16-11-7-10(12(19)20)17-18-11/h1-4,7H,5-6H2,(H,19,20)(H2,16,17,18,21). The molecule has 1 amide bonds. The Bertz CT molecular complexity index is 705. The first kappa shape index (κ1) is 13.6. The number of carbonyl (C=O) groups excluding carboxylic acids is 1. The van der Waals surface area contributed by atoms with Crippen LogP contribution in [0.5, 0.6) is 0 Å². The first-order chi connectivity index (χ1) is 10.0. The van der Waals surface area contributed by atoms with Crippen LogP contribution in [0.2, 0.25) is 5.02 Å². The maximum atomic E-state index is 12.4. The van der Waals surface area contributed by atoms with Crippen LogP contribution < -0.4 is 5.32 Å². The van der Waals surface area contributed by atoms with Crippen molar-refractivity contribution < 1.29 is 14.7 Å². The fourth-order valence-corrected chi connectivity index (χ4v) is 2.40. The molecule has 0 aliphatic heterocycles. The number of benzene rings is 1. The second-order valence-corrected chi connectivity index (χ2v) is 5.45. The number of aromatic amines is 1. The van der Waals surface area contributed by atoms with E-state index in [0.29, 0.717) is 5.02 Å². The normalized spacial score (nSPS) is 15.5. The van der Waals surface area contributed by atoms with Gasteiger partial charge in [-0.15, -0.1) is 0 Å². The lowest BCUT2D eigenvalue weighted by atomic mass is 9.95. The molecule has 0 atom stereocenters. The predicted octanol–water partition coefficient (Wildman–Crippen LogP) is 2.43. The number of H-pyrrole nitrogens is 1. The number of rotatable bonds is 4. The minimum atomic E-state index is -1.12. The van der Waals surface area contributed by atoms with Gasteiger partial charge in [0.25, 0.3) is 0 Å². The highest BCUT2D eigenvalue weighted by Crippen LogP contribution is 2.49. The van der Waals surface area contributed by atoms with E-state index in [2.05, 4.69) is 15.5 Å². The van der Waals surface area contributed by atoms with Gasteiger partial charge in [0.2, 0.25) is 5.91 Å². The van der Waals surface area contributed by atoms with Crippen LogP contribution >= 0.6 is 11.6 Å². The molecule has 1 fully saturated rings. The summed E-state index contributed by atoms with van der Waals surface area (Å²) in [6.07, 6.45) is 1.49. The number of hydrogen-bond acceptors (Lipinski definition) is 3. The smallest absolute Gasteiger partial charge is 0.353 e. The molecule has 0 bridgehead atoms. The van der Waals surface area contributed by atoms with E-state index < -0.39 is 11.4 Å². The number of hydrogen-bond donors (Lipinski definition) is 3. The lowest BCUT2D eigenvalue weighted by molar-refractivity contribution is -0.118. The summed E-state index contributed by atoms with van der Waals surface area (Å²) in [6, 6.07) is 8.46. The van der Waals surface area contributed by atoms with Gasteiger partial charge in [-0.25, -0.2) is 4.79 Å². The Morgan fingerprint density at radius 1 is 1.29 bits per heavy atom. The molecule has 3 rings (SSSR count). The van der Waals surface area contributed by atoms with Gasteiger partial charge in [0.15, 0.2) is 5.82 Å². The van der Waals surface area contributed by atoms with Crippen LogP contribution in [-0.4, -0.2) is 27.2 Å². The second-order valence-electron chi connectivity index (χ2n) is 5.02. The Balaban J connectivity index is 1.78. The number of carbonyl (C=O) groups is 2. The molecule has 1 heterocycles. The van der Waals surface area contributed by atoms with Crippen molar-refractivity contribution in [3.8, 4) is 0 Å². The van der Waals surface area contributed by atoms with E-state index in [4.69, 9.17) is 16.7 Å². The Kier molecular flexibility index (Phi) is 3.17. The van der Waals surface area contributed by atoms with Crippen LogP contribution in [0.15, 0.2) is 30.3 Å². The molecule has 0 spiro atoms. The van der Waals surface area contributed by atoms with E-state index in [1.54, 1.807) is 12.1 Å². The molecule has 0 radical (unpaired) electrons. The molecule has 1 aliphatic carbocycles. The SMILES string of the molecule is O=C(O)c1cc(NC(=O)C2(c3ccc(Cl)cc3)CC2)n[nH]1. The molecule has 3 N–H and O–H groups in total.